The highest BCUT2D eigenvalue weighted by molar-refractivity contribution is 5.82. The van der Waals surface area contributed by atoms with Gasteiger partial charge in [0.15, 0.2) is 0 Å². The van der Waals surface area contributed by atoms with E-state index in [-0.39, 0.29) is 6.03 Å². The Kier molecular flexibility index (Phi) is 3.26. The fraction of sp³-hybridized carbons (Fsp3) is 0.389. The summed E-state index contributed by atoms with van der Waals surface area (Å²) in [6, 6.07) is 10.5. The highest BCUT2D eigenvalue weighted by Crippen LogP contribution is 2.38. The van der Waals surface area contributed by atoms with Gasteiger partial charge in [-0.1, -0.05) is 37.3 Å². The highest BCUT2D eigenvalue weighted by atomic mass is 16.2. The minimum Gasteiger partial charge on any atom is -0.311 e. The average Bonchev–Trinajstić information content (AvgIpc) is 3.33. The van der Waals surface area contributed by atoms with Gasteiger partial charge in [0, 0.05) is 42.5 Å². The summed E-state index contributed by atoms with van der Waals surface area (Å²) in [5.74, 6) is 0.355. The van der Waals surface area contributed by atoms with Crippen LogP contribution in [0.3, 0.4) is 0 Å². The van der Waals surface area contributed by atoms with Crippen LogP contribution in [0.25, 0.3) is 0 Å². The number of hydrogen-bond acceptors (Lipinski definition) is 2. The Morgan fingerprint density at radius 1 is 1.18 bits per heavy atom. The number of allylic oxidation sites excluding steroid dienone is 1. The summed E-state index contributed by atoms with van der Waals surface area (Å²) < 4.78 is 0. The number of hydrogen-bond donors (Lipinski definition) is 2. The molecule has 0 aromatic heterocycles. The third-order valence-electron chi connectivity index (χ3n) is 4.62. The van der Waals surface area contributed by atoms with E-state index in [0.29, 0.717) is 5.92 Å². The van der Waals surface area contributed by atoms with Gasteiger partial charge in [0.05, 0.1) is 0 Å². The van der Waals surface area contributed by atoms with Crippen molar-refractivity contribution in [3.63, 3.8) is 0 Å². The van der Waals surface area contributed by atoms with Crippen molar-refractivity contribution in [2.75, 3.05) is 13.1 Å². The Bertz CT molecular complexity index is 669. The lowest BCUT2D eigenvalue weighted by Crippen LogP contribution is -2.49. The standard InChI is InChI=1S/C18H21N3O/c1-12-9-21(10-13-5-3-2-4-6-13)11-15-16(12)19-18(22)20-17(15)14-7-8-14/h2-6,12H,7-11H2,1H3,(H2,19,20,22). The largest absolute Gasteiger partial charge is 0.323 e. The van der Waals surface area contributed by atoms with Gasteiger partial charge in [0.1, 0.15) is 0 Å². The molecule has 2 heterocycles. The van der Waals surface area contributed by atoms with Crippen LogP contribution in [0.1, 0.15) is 25.3 Å². The Morgan fingerprint density at radius 3 is 2.68 bits per heavy atom. The van der Waals surface area contributed by atoms with Crippen molar-refractivity contribution in [2.24, 2.45) is 5.92 Å². The monoisotopic (exact) mass is 295 g/mol. The molecule has 1 aromatic carbocycles. The van der Waals surface area contributed by atoms with Crippen molar-refractivity contribution >= 4 is 6.03 Å². The van der Waals surface area contributed by atoms with E-state index >= 15 is 0 Å². The number of carbonyl (C=O) groups is 1. The number of carbonyl (C=O) groups excluding carboxylic acids is 1. The zero-order valence-electron chi connectivity index (χ0n) is 12.9. The number of rotatable bonds is 2. The van der Waals surface area contributed by atoms with Gasteiger partial charge in [0.2, 0.25) is 0 Å². The summed E-state index contributed by atoms with van der Waals surface area (Å²) >= 11 is 0. The van der Waals surface area contributed by atoms with Gasteiger partial charge in [-0.25, -0.2) is 4.79 Å². The van der Waals surface area contributed by atoms with Gasteiger partial charge < -0.3 is 10.6 Å². The summed E-state index contributed by atoms with van der Waals surface area (Å²) in [4.78, 5) is 14.3. The summed E-state index contributed by atoms with van der Waals surface area (Å²) in [6.07, 6.45) is 2.25. The van der Waals surface area contributed by atoms with E-state index in [1.54, 1.807) is 0 Å². The minimum absolute atomic E-state index is 0.0727. The zero-order chi connectivity index (χ0) is 15.1. The number of amides is 2. The molecule has 2 aliphatic heterocycles. The van der Waals surface area contributed by atoms with Crippen LogP contribution in [0.2, 0.25) is 0 Å². The Labute approximate surface area is 130 Å². The summed E-state index contributed by atoms with van der Waals surface area (Å²) in [5, 5.41) is 6.06. The third kappa shape index (κ3) is 2.55. The van der Waals surface area contributed by atoms with E-state index in [0.717, 1.165) is 43.9 Å². The van der Waals surface area contributed by atoms with Gasteiger partial charge in [-0.2, -0.15) is 0 Å². The Hall–Kier alpha value is -2.07. The van der Waals surface area contributed by atoms with E-state index in [2.05, 4.69) is 52.8 Å². The smallest absolute Gasteiger partial charge is 0.311 e. The fourth-order valence-corrected chi connectivity index (χ4v) is 3.48. The molecule has 1 saturated carbocycles. The SMILES string of the molecule is CC1CN(Cc2ccccc2)CC2=C1NC(=O)NC2=C1CC1. The van der Waals surface area contributed by atoms with Crippen molar-refractivity contribution in [1.82, 2.24) is 15.5 Å². The molecule has 0 spiro atoms. The number of benzene rings is 1. The third-order valence-corrected chi connectivity index (χ3v) is 4.62. The molecule has 1 fully saturated rings. The fourth-order valence-electron chi connectivity index (χ4n) is 3.48. The first-order valence-electron chi connectivity index (χ1n) is 8.00. The molecule has 3 aliphatic rings. The number of urea groups is 1. The first kappa shape index (κ1) is 13.6. The maximum atomic E-state index is 11.9. The molecule has 1 aliphatic carbocycles. The maximum absolute atomic E-state index is 11.9. The molecule has 1 aromatic rings. The zero-order valence-corrected chi connectivity index (χ0v) is 12.9. The predicted octanol–water partition coefficient (Wildman–Crippen LogP) is 2.75. The molecular weight excluding hydrogens is 274 g/mol. The summed E-state index contributed by atoms with van der Waals surface area (Å²) in [6.45, 7) is 5.04. The van der Waals surface area contributed by atoms with Gasteiger partial charge in [-0.15, -0.1) is 0 Å². The van der Waals surface area contributed by atoms with E-state index in [1.165, 1.54) is 16.7 Å². The molecule has 114 valence electrons. The van der Waals surface area contributed by atoms with Crippen LogP contribution in [-0.4, -0.2) is 24.0 Å². The molecule has 2 N–H and O–H groups in total. The quantitative estimate of drug-likeness (QED) is 0.881. The van der Waals surface area contributed by atoms with Crippen molar-refractivity contribution in [1.29, 1.82) is 0 Å². The minimum atomic E-state index is -0.0727. The molecule has 2 amide bonds. The molecule has 0 saturated heterocycles. The molecule has 0 bridgehead atoms. The molecule has 22 heavy (non-hydrogen) atoms. The molecule has 4 rings (SSSR count). The molecule has 4 heteroatoms. The van der Waals surface area contributed by atoms with Crippen molar-refractivity contribution in [3.05, 3.63) is 58.4 Å². The van der Waals surface area contributed by atoms with Crippen LogP contribution in [0.15, 0.2) is 52.9 Å². The second kappa shape index (κ2) is 5.29. The summed E-state index contributed by atoms with van der Waals surface area (Å²) in [5.41, 5.74) is 6.26. The maximum Gasteiger partial charge on any atom is 0.323 e. The Morgan fingerprint density at radius 2 is 1.95 bits per heavy atom. The lowest BCUT2D eigenvalue weighted by atomic mass is 9.92. The van der Waals surface area contributed by atoms with Crippen LogP contribution >= 0.6 is 0 Å². The predicted molar refractivity (Wildman–Crippen MR) is 85.8 cm³/mol. The molecule has 1 atom stereocenters. The molecular formula is C18H21N3O. The van der Waals surface area contributed by atoms with E-state index in [1.807, 2.05) is 0 Å². The first-order chi connectivity index (χ1) is 10.7. The Balaban J connectivity index is 1.61. The van der Waals surface area contributed by atoms with Gasteiger partial charge >= 0.3 is 6.03 Å². The number of nitrogens with zero attached hydrogens (tertiary/aromatic N) is 1. The second-order valence-electron chi connectivity index (χ2n) is 6.51. The molecule has 1 unspecified atom stereocenters. The van der Waals surface area contributed by atoms with Crippen LogP contribution in [-0.2, 0) is 6.54 Å². The van der Waals surface area contributed by atoms with E-state index < -0.39 is 0 Å². The van der Waals surface area contributed by atoms with Crippen molar-refractivity contribution < 1.29 is 4.79 Å². The lowest BCUT2D eigenvalue weighted by molar-refractivity contribution is 0.221. The van der Waals surface area contributed by atoms with Crippen LogP contribution in [0.4, 0.5) is 4.79 Å². The van der Waals surface area contributed by atoms with Crippen LogP contribution in [0, 0.1) is 5.92 Å². The number of nitrogens with one attached hydrogen (secondary N) is 2. The van der Waals surface area contributed by atoms with Crippen LogP contribution < -0.4 is 10.6 Å². The van der Waals surface area contributed by atoms with E-state index in [4.69, 9.17) is 0 Å². The lowest BCUT2D eigenvalue weighted by Gasteiger charge is -2.38. The summed E-state index contributed by atoms with van der Waals surface area (Å²) in [7, 11) is 0. The molecule has 4 nitrogen and oxygen atoms in total. The van der Waals surface area contributed by atoms with Gasteiger partial charge in [0.25, 0.3) is 0 Å². The normalized spacial score (nSPS) is 24.8. The topological polar surface area (TPSA) is 44.4 Å². The highest BCUT2D eigenvalue weighted by Gasteiger charge is 2.34. The van der Waals surface area contributed by atoms with Gasteiger partial charge in [-0.3, -0.25) is 4.90 Å². The van der Waals surface area contributed by atoms with E-state index in [9.17, 15) is 4.79 Å². The second-order valence-corrected chi connectivity index (χ2v) is 6.51. The average molecular weight is 295 g/mol. The van der Waals surface area contributed by atoms with Crippen molar-refractivity contribution in [2.45, 2.75) is 26.3 Å². The van der Waals surface area contributed by atoms with Crippen molar-refractivity contribution in [3.8, 4) is 0 Å². The first-order valence-corrected chi connectivity index (χ1v) is 8.00. The molecule has 0 radical (unpaired) electrons. The van der Waals surface area contributed by atoms with Gasteiger partial charge in [-0.05, 0) is 24.0 Å². The van der Waals surface area contributed by atoms with Crippen LogP contribution in [0.5, 0.6) is 0 Å².